The molecular weight excluding hydrogens is 143 g/mol. The van der Waals surface area contributed by atoms with Gasteiger partial charge in [0.1, 0.15) is 5.83 Å². The highest BCUT2D eigenvalue weighted by atomic mass is 19.1. The fourth-order valence-electron chi connectivity index (χ4n) is 1.34. The van der Waals surface area contributed by atoms with Gasteiger partial charge in [-0.25, -0.2) is 4.39 Å². The predicted molar refractivity (Wildman–Crippen MR) is 41.7 cm³/mol. The van der Waals surface area contributed by atoms with E-state index in [1.54, 1.807) is 6.92 Å². The van der Waals surface area contributed by atoms with Gasteiger partial charge in [-0.2, -0.15) is 0 Å². The van der Waals surface area contributed by atoms with Crippen LogP contribution in [-0.4, -0.2) is 6.29 Å². The van der Waals surface area contributed by atoms with Crippen molar-refractivity contribution in [2.75, 3.05) is 0 Å². The summed E-state index contributed by atoms with van der Waals surface area (Å²) in [6.07, 6.45) is 2.88. The highest BCUT2D eigenvalue weighted by molar-refractivity contribution is 5.81. The fourth-order valence-corrected chi connectivity index (χ4v) is 1.34. The maximum absolute atomic E-state index is 13.0. The Labute approximate surface area is 65.6 Å². The third-order valence-electron chi connectivity index (χ3n) is 1.87. The normalized spacial score (nSPS) is 25.0. The first-order valence-corrected chi connectivity index (χ1v) is 3.67. The zero-order valence-corrected chi connectivity index (χ0v) is 6.73. The van der Waals surface area contributed by atoms with Gasteiger partial charge < -0.3 is 0 Å². The van der Waals surface area contributed by atoms with Gasteiger partial charge in [-0.15, -0.1) is 0 Å². The van der Waals surface area contributed by atoms with Crippen molar-refractivity contribution in [3.05, 3.63) is 23.0 Å². The number of rotatable bonds is 1. The Balaban J connectivity index is 2.99. The molecule has 1 aliphatic rings. The van der Waals surface area contributed by atoms with E-state index in [9.17, 15) is 9.18 Å². The van der Waals surface area contributed by atoms with Gasteiger partial charge in [-0.05, 0) is 18.4 Å². The van der Waals surface area contributed by atoms with Gasteiger partial charge in [0.05, 0.1) is 0 Å². The van der Waals surface area contributed by atoms with Crippen LogP contribution in [0, 0.1) is 5.92 Å². The molecule has 0 aromatic heterocycles. The molecule has 1 rings (SSSR count). The zero-order chi connectivity index (χ0) is 8.43. The van der Waals surface area contributed by atoms with Crippen LogP contribution in [0.2, 0.25) is 0 Å². The number of hydrogen-bond donors (Lipinski definition) is 0. The molecule has 1 aliphatic carbocycles. The summed E-state index contributed by atoms with van der Waals surface area (Å²) in [4.78, 5) is 10.3. The van der Waals surface area contributed by atoms with E-state index in [1.165, 1.54) is 0 Å². The Morgan fingerprint density at radius 1 is 1.73 bits per heavy atom. The molecule has 0 unspecified atom stereocenters. The molecule has 60 valence electrons. The van der Waals surface area contributed by atoms with Crippen LogP contribution in [0.1, 0.15) is 20.3 Å². The Morgan fingerprint density at radius 2 is 2.36 bits per heavy atom. The van der Waals surface area contributed by atoms with Crippen molar-refractivity contribution < 1.29 is 9.18 Å². The van der Waals surface area contributed by atoms with Gasteiger partial charge >= 0.3 is 0 Å². The third-order valence-corrected chi connectivity index (χ3v) is 1.87. The number of allylic oxidation sites excluding steroid dienone is 4. The van der Waals surface area contributed by atoms with Crippen LogP contribution in [-0.2, 0) is 4.79 Å². The second-order valence-corrected chi connectivity index (χ2v) is 2.97. The largest absolute Gasteiger partial charge is 0.298 e. The Bertz CT molecular complexity index is 238. The van der Waals surface area contributed by atoms with Gasteiger partial charge in [0.2, 0.25) is 0 Å². The van der Waals surface area contributed by atoms with Gasteiger partial charge in [-0.3, -0.25) is 4.79 Å². The van der Waals surface area contributed by atoms with E-state index in [1.807, 2.05) is 13.0 Å². The molecule has 11 heavy (non-hydrogen) atoms. The Morgan fingerprint density at radius 3 is 2.82 bits per heavy atom. The Kier molecular flexibility index (Phi) is 2.22. The summed E-state index contributed by atoms with van der Waals surface area (Å²) in [5.41, 5.74) is 0.999. The molecule has 1 atom stereocenters. The molecule has 0 amide bonds. The van der Waals surface area contributed by atoms with E-state index in [4.69, 9.17) is 0 Å². The zero-order valence-electron chi connectivity index (χ0n) is 6.73. The highest BCUT2D eigenvalue weighted by Crippen LogP contribution is 2.27. The van der Waals surface area contributed by atoms with E-state index >= 15 is 0 Å². The van der Waals surface area contributed by atoms with Crippen molar-refractivity contribution in [2.24, 2.45) is 5.92 Å². The molecule has 0 aromatic rings. The lowest BCUT2D eigenvalue weighted by atomic mass is 9.92. The summed E-state index contributed by atoms with van der Waals surface area (Å²) >= 11 is 0. The molecule has 0 saturated carbocycles. The maximum Gasteiger partial charge on any atom is 0.152 e. The highest BCUT2D eigenvalue weighted by Gasteiger charge is 2.16. The lowest BCUT2D eigenvalue weighted by molar-refractivity contribution is -0.104. The van der Waals surface area contributed by atoms with Crippen LogP contribution in [0.15, 0.2) is 23.0 Å². The average molecular weight is 154 g/mol. The average Bonchev–Trinajstić information content (AvgIpc) is 1.85. The van der Waals surface area contributed by atoms with Gasteiger partial charge in [0, 0.05) is 12.0 Å². The van der Waals surface area contributed by atoms with Crippen molar-refractivity contribution in [1.82, 2.24) is 0 Å². The van der Waals surface area contributed by atoms with E-state index in [0.29, 0.717) is 12.7 Å². The van der Waals surface area contributed by atoms with E-state index in [0.717, 1.165) is 5.57 Å². The van der Waals surface area contributed by atoms with Gasteiger partial charge in [0.15, 0.2) is 6.29 Å². The lowest BCUT2D eigenvalue weighted by Gasteiger charge is -2.14. The fraction of sp³-hybridized carbons (Fsp3) is 0.444. The molecule has 0 aliphatic heterocycles. The lowest BCUT2D eigenvalue weighted by Crippen LogP contribution is -2.04. The molecule has 0 bridgehead atoms. The summed E-state index contributed by atoms with van der Waals surface area (Å²) < 4.78 is 13.0. The van der Waals surface area contributed by atoms with Crippen molar-refractivity contribution >= 4 is 6.29 Å². The predicted octanol–water partition coefficient (Wildman–Crippen LogP) is 2.40. The topological polar surface area (TPSA) is 17.1 Å². The van der Waals surface area contributed by atoms with Crippen LogP contribution in [0.5, 0.6) is 0 Å². The minimum atomic E-state index is -0.271. The van der Waals surface area contributed by atoms with E-state index in [-0.39, 0.29) is 17.3 Å². The summed E-state index contributed by atoms with van der Waals surface area (Å²) in [7, 11) is 0. The first-order chi connectivity index (χ1) is 5.15. The van der Waals surface area contributed by atoms with E-state index < -0.39 is 0 Å². The van der Waals surface area contributed by atoms with Gasteiger partial charge in [0.25, 0.3) is 0 Å². The monoisotopic (exact) mass is 154 g/mol. The first kappa shape index (κ1) is 8.18. The standard InChI is InChI=1S/C9H11FO/c1-6-3-7(2)8(5-11)9(10)4-6/h3,5-6H,4H2,1-2H3/t6-/m0/s1. The quantitative estimate of drug-likeness (QED) is 0.530. The smallest absolute Gasteiger partial charge is 0.152 e. The van der Waals surface area contributed by atoms with Crippen molar-refractivity contribution in [3.63, 3.8) is 0 Å². The SMILES string of the molecule is CC1=C[C@H](C)CC(F)=C1C=O. The molecule has 0 saturated heterocycles. The Hall–Kier alpha value is -0.920. The van der Waals surface area contributed by atoms with Crippen molar-refractivity contribution in [2.45, 2.75) is 20.3 Å². The molecule has 0 radical (unpaired) electrons. The summed E-state index contributed by atoms with van der Waals surface area (Å²) in [5.74, 6) is -0.0498. The minimum Gasteiger partial charge on any atom is -0.298 e. The number of carbonyl (C=O) groups is 1. The van der Waals surface area contributed by atoms with Crippen LogP contribution in [0.4, 0.5) is 4.39 Å². The van der Waals surface area contributed by atoms with Crippen LogP contribution in [0.3, 0.4) is 0 Å². The summed E-state index contributed by atoms with van der Waals surface area (Å²) in [5, 5.41) is 0. The first-order valence-electron chi connectivity index (χ1n) is 3.67. The molecule has 0 N–H and O–H groups in total. The van der Waals surface area contributed by atoms with Crippen molar-refractivity contribution in [1.29, 1.82) is 0 Å². The molecule has 0 fully saturated rings. The van der Waals surface area contributed by atoms with Crippen LogP contribution in [0.25, 0.3) is 0 Å². The minimum absolute atomic E-state index is 0.221. The van der Waals surface area contributed by atoms with E-state index in [2.05, 4.69) is 0 Å². The molecule has 2 heteroatoms. The summed E-state index contributed by atoms with van der Waals surface area (Å²) in [6.45, 7) is 3.70. The number of carbonyl (C=O) groups excluding carboxylic acids is 1. The van der Waals surface area contributed by atoms with Crippen LogP contribution >= 0.6 is 0 Å². The molecule has 0 aromatic carbocycles. The summed E-state index contributed by atoms with van der Waals surface area (Å²) in [6, 6.07) is 0. The molecule has 1 nitrogen and oxygen atoms in total. The second kappa shape index (κ2) is 2.99. The van der Waals surface area contributed by atoms with Crippen LogP contribution < -0.4 is 0 Å². The van der Waals surface area contributed by atoms with Crippen molar-refractivity contribution in [3.8, 4) is 0 Å². The molecule has 0 spiro atoms. The number of aldehydes is 1. The molecule has 0 heterocycles. The van der Waals surface area contributed by atoms with Gasteiger partial charge in [-0.1, -0.05) is 13.0 Å². The second-order valence-electron chi connectivity index (χ2n) is 2.97. The third kappa shape index (κ3) is 1.56. The number of hydrogen-bond acceptors (Lipinski definition) is 1. The number of halogens is 1. The molecular formula is C9H11FO. The maximum atomic E-state index is 13.0.